The van der Waals surface area contributed by atoms with E-state index in [0.717, 1.165) is 12.8 Å². The molecule has 0 spiro atoms. The SMILES string of the molecule is ClC1=C(Cl)C2(Cl)C3C4CC(C5OC45)C3C1(Cl)C2(Cl)Cl.ClC1=C(Cl)C2(Cl)C3C4CC(C5OC45)C3C1(Cl)C2(Cl)Cl. The fraction of sp³-hybridized carbons (Fsp3) is 0.833. The van der Waals surface area contributed by atoms with Crippen molar-refractivity contribution < 1.29 is 9.47 Å². The molecule has 38 heavy (non-hydrogen) atoms. The number of rotatable bonds is 0. The first-order chi connectivity index (χ1) is 17.6. The van der Waals surface area contributed by atoms with Crippen LogP contribution in [0.25, 0.3) is 0 Å². The van der Waals surface area contributed by atoms with Gasteiger partial charge in [0.2, 0.25) is 0 Å². The first-order valence-corrected chi connectivity index (χ1v) is 17.0. The second-order valence-electron chi connectivity index (χ2n) is 12.6. The second kappa shape index (κ2) is 7.30. The molecule has 0 amide bonds. The highest BCUT2D eigenvalue weighted by Crippen LogP contribution is 2.85. The Morgan fingerprint density at radius 2 is 0.632 bits per heavy atom. The summed E-state index contributed by atoms with van der Waals surface area (Å²) in [7, 11) is 0. The third kappa shape index (κ3) is 2.33. The Hall–Kier alpha value is 2.88. The van der Waals surface area contributed by atoms with Crippen LogP contribution in [-0.4, -0.2) is 52.6 Å². The van der Waals surface area contributed by atoms with E-state index in [0.29, 0.717) is 43.8 Å². The largest absolute Gasteiger partial charge is 0.369 e. The van der Waals surface area contributed by atoms with Crippen molar-refractivity contribution in [3.63, 3.8) is 0 Å². The third-order valence-electron chi connectivity index (χ3n) is 11.8. The molecule has 2 heterocycles. The van der Waals surface area contributed by atoms with E-state index in [-0.39, 0.29) is 48.1 Å². The number of alkyl halides is 8. The first-order valence-electron chi connectivity index (χ1n) is 12.5. The highest BCUT2D eigenvalue weighted by Gasteiger charge is 2.91. The van der Waals surface area contributed by atoms with Crippen molar-refractivity contribution in [2.24, 2.45) is 47.3 Å². The van der Waals surface area contributed by atoms with Gasteiger partial charge in [0.25, 0.3) is 0 Å². The molecule has 16 atom stereocenters. The molecule has 6 saturated carbocycles. The molecule has 0 aromatic carbocycles. The smallest absolute Gasteiger partial charge is 0.166 e. The fourth-order valence-electron chi connectivity index (χ4n) is 10.6. The molecule has 2 aliphatic heterocycles. The number of epoxide rings is 2. The predicted octanol–water partition coefficient (Wildman–Crippen LogP) is 8.96. The van der Waals surface area contributed by atoms with E-state index >= 15 is 0 Å². The highest BCUT2D eigenvalue weighted by atomic mass is 35.5. The Morgan fingerprint density at radius 1 is 0.421 bits per heavy atom. The monoisotopic (exact) mass is 756 g/mol. The number of allylic oxidation sites excluding steroid dienone is 4. The molecule has 0 aromatic heterocycles. The second-order valence-corrected chi connectivity index (χ2v) is 19.2. The summed E-state index contributed by atoms with van der Waals surface area (Å²) in [5.74, 6) is 1.55. The van der Waals surface area contributed by atoms with Crippen molar-refractivity contribution in [1.29, 1.82) is 0 Å². The summed E-state index contributed by atoms with van der Waals surface area (Å²) in [5.41, 5.74) is 0. The van der Waals surface area contributed by atoms with Gasteiger partial charge in [0.05, 0.1) is 44.5 Å². The Kier molecular flexibility index (Phi) is 5.23. The van der Waals surface area contributed by atoms with Crippen LogP contribution in [0, 0.1) is 47.3 Å². The van der Waals surface area contributed by atoms with E-state index in [9.17, 15) is 0 Å². The quantitative estimate of drug-likeness (QED) is 0.140. The number of fused-ring (bicyclic) bond motifs is 24. The summed E-state index contributed by atoms with van der Waals surface area (Å²) in [6, 6.07) is 0. The van der Waals surface area contributed by atoms with Crippen molar-refractivity contribution in [2.45, 2.75) is 65.4 Å². The number of ether oxygens (including phenoxy) is 2. The Morgan fingerprint density at radius 3 is 0.842 bits per heavy atom. The summed E-state index contributed by atoms with van der Waals surface area (Å²) in [6.45, 7) is 0. The van der Waals surface area contributed by atoms with Crippen molar-refractivity contribution >= 4 is 139 Å². The Balaban J connectivity index is 0.000000111. The van der Waals surface area contributed by atoms with Gasteiger partial charge < -0.3 is 9.47 Å². The van der Waals surface area contributed by atoms with Crippen LogP contribution in [0.3, 0.4) is 0 Å². The van der Waals surface area contributed by atoms with E-state index in [1.165, 1.54) is 0 Å². The van der Waals surface area contributed by atoms with Crippen LogP contribution in [0.5, 0.6) is 0 Å². The average molecular weight is 762 g/mol. The minimum absolute atomic E-state index is 0.0467. The van der Waals surface area contributed by atoms with Crippen LogP contribution in [0.15, 0.2) is 20.1 Å². The molecule has 208 valence electrons. The number of halogens is 12. The summed E-state index contributed by atoms with van der Waals surface area (Å²) >= 11 is 79.0. The predicted molar refractivity (Wildman–Crippen MR) is 155 cm³/mol. The van der Waals surface area contributed by atoms with E-state index in [1.807, 2.05) is 0 Å². The van der Waals surface area contributed by atoms with Crippen LogP contribution in [0.2, 0.25) is 0 Å². The molecule has 0 aromatic rings. The Labute approximate surface area is 279 Å². The minimum Gasteiger partial charge on any atom is -0.369 e. The molecule has 8 fully saturated rings. The van der Waals surface area contributed by atoms with Gasteiger partial charge in [-0.2, -0.15) is 0 Å². The van der Waals surface area contributed by atoms with Crippen LogP contribution < -0.4 is 0 Å². The van der Waals surface area contributed by atoms with Crippen molar-refractivity contribution in [2.75, 3.05) is 0 Å². The maximum absolute atomic E-state index is 6.82. The lowest BCUT2D eigenvalue weighted by Gasteiger charge is -2.38. The molecule has 14 heteroatoms. The zero-order valence-corrected chi connectivity index (χ0v) is 27.8. The minimum atomic E-state index is -1.37. The highest BCUT2D eigenvalue weighted by molar-refractivity contribution is 6.67. The molecule has 8 bridgehead atoms. The molecule has 0 radical (unpaired) electrons. The van der Waals surface area contributed by atoms with Crippen LogP contribution in [0.1, 0.15) is 12.8 Å². The average Bonchev–Trinajstić information content (AvgIpc) is 3.64. The molecular formula is C24H16Cl12O2. The van der Waals surface area contributed by atoms with Gasteiger partial charge in [0.15, 0.2) is 8.67 Å². The molecule has 2 saturated heterocycles. The van der Waals surface area contributed by atoms with Gasteiger partial charge in [-0.3, -0.25) is 0 Å². The lowest BCUT2D eigenvalue weighted by molar-refractivity contribution is 0.237. The molecule has 0 N–H and O–H groups in total. The van der Waals surface area contributed by atoms with Gasteiger partial charge in [0.1, 0.15) is 19.5 Å². The number of hydrogen-bond acceptors (Lipinski definition) is 2. The van der Waals surface area contributed by atoms with E-state index in [1.54, 1.807) is 0 Å². The van der Waals surface area contributed by atoms with E-state index in [2.05, 4.69) is 0 Å². The van der Waals surface area contributed by atoms with Gasteiger partial charge >= 0.3 is 0 Å². The maximum atomic E-state index is 6.82. The van der Waals surface area contributed by atoms with Crippen LogP contribution in [0.4, 0.5) is 0 Å². The zero-order valence-electron chi connectivity index (χ0n) is 18.7. The summed E-state index contributed by atoms with van der Waals surface area (Å²) in [4.78, 5) is -4.34. The molecule has 10 rings (SSSR count). The maximum Gasteiger partial charge on any atom is 0.166 e. The summed E-state index contributed by atoms with van der Waals surface area (Å²) in [5, 5.41) is 1.28. The van der Waals surface area contributed by atoms with Gasteiger partial charge in [0, 0.05) is 0 Å². The van der Waals surface area contributed by atoms with Gasteiger partial charge in [-0.05, 0) is 60.2 Å². The van der Waals surface area contributed by atoms with Gasteiger partial charge in [-0.25, -0.2) is 0 Å². The topological polar surface area (TPSA) is 25.1 Å². The molecule has 10 aliphatic rings. The molecule has 16 unspecified atom stereocenters. The first kappa shape index (κ1) is 27.2. The van der Waals surface area contributed by atoms with Crippen LogP contribution >= 0.6 is 139 Å². The molecular weight excluding hydrogens is 746 g/mol. The van der Waals surface area contributed by atoms with Gasteiger partial charge in [-0.1, -0.05) is 92.8 Å². The van der Waals surface area contributed by atoms with E-state index < -0.39 is 28.2 Å². The van der Waals surface area contributed by atoms with Crippen molar-refractivity contribution in [3.8, 4) is 0 Å². The van der Waals surface area contributed by atoms with Crippen LogP contribution in [-0.2, 0) is 9.47 Å². The zero-order chi connectivity index (χ0) is 27.1. The molecule has 8 aliphatic carbocycles. The lowest BCUT2D eigenvalue weighted by Crippen LogP contribution is -2.46. The third-order valence-corrected chi connectivity index (χ3v) is 20.4. The van der Waals surface area contributed by atoms with Crippen molar-refractivity contribution in [1.82, 2.24) is 0 Å². The molecule has 2 nitrogen and oxygen atoms in total. The number of hydrogen-bond donors (Lipinski definition) is 0. The van der Waals surface area contributed by atoms with E-state index in [4.69, 9.17) is 149 Å². The lowest BCUT2D eigenvalue weighted by atomic mass is 9.73. The summed E-state index contributed by atoms with van der Waals surface area (Å²) < 4.78 is 8.69. The standard InChI is InChI=1S/2C12H8Cl6O/c2*13-8-9(14)11(16)5-3-1-2(6-7(3)19-6)4(5)10(8,15)12(11,17)18/h2*2-7H,1H2. The fourth-order valence-corrected chi connectivity index (χ4v) is 16.9. The van der Waals surface area contributed by atoms with Crippen molar-refractivity contribution in [3.05, 3.63) is 20.1 Å². The normalized spacial score (nSPS) is 66.6. The summed E-state index contributed by atoms with van der Waals surface area (Å²) in [6.07, 6.45) is 3.27. The van der Waals surface area contributed by atoms with Gasteiger partial charge in [-0.15, -0.1) is 46.4 Å². The Bertz CT molecular complexity index is 1130.